The molecule has 0 aliphatic heterocycles. The molecule has 152 valence electrons. The van der Waals surface area contributed by atoms with Crippen molar-refractivity contribution in [1.29, 1.82) is 0 Å². The first-order valence-corrected chi connectivity index (χ1v) is 9.70. The number of carbonyl (C=O) groups is 1. The molecule has 3 N–H and O–H groups in total. The predicted octanol–water partition coefficient (Wildman–Crippen LogP) is 2.73. The van der Waals surface area contributed by atoms with E-state index in [-0.39, 0.29) is 12.1 Å². The van der Waals surface area contributed by atoms with Crippen LogP contribution >= 0.6 is 0 Å². The summed E-state index contributed by atoms with van der Waals surface area (Å²) in [6.07, 6.45) is 7.27. The van der Waals surface area contributed by atoms with E-state index in [9.17, 15) is 4.79 Å². The molecular weight excluding hydrogens is 382 g/mol. The standard InChI is InChI=1S/C20H21N9O/c1-21-17-16-18(29(11-22-16)20(30)25-14-6-7-14)27-19(26-17)24-15-5-3-4-12(8-15)13-9-23-28(2)10-13/h3-5,8-11,14H,6-7H2,1-2H3,(H,25,30)(H2,21,24,26,27). The Labute approximate surface area is 172 Å². The van der Waals surface area contributed by atoms with Crippen LogP contribution in [0.4, 0.5) is 22.2 Å². The zero-order valence-electron chi connectivity index (χ0n) is 16.6. The summed E-state index contributed by atoms with van der Waals surface area (Å²) in [5, 5.41) is 13.4. The third-order valence-electron chi connectivity index (χ3n) is 4.91. The van der Waals surface area contributed by atoms with Gasteiger partial charge in [-0.3, -0.25) is 4.68 Å². The number of benzene rings is 1. The van der Waals surface area contributed by atoms with Gasteiger partial charge in [0, 0.05) is 37.6 Å². The van der Waals surface area contributed by atoms with Crippen molar-refractivity contribution >= 4 is 34.6 Å². The third kappa shape index (κ3) is 3.43. The van der Waals surface area contributed by atoms with Gasteiger partial charge in [0.2, 0.25) is 5.95 Å². The number of imidazole rings is 1. The first-order chi connectivity index (χ1) is 14.6. The van der Waals surface area contributed by atoms with Crippen LogP contribution in [0.3, 0.4) is 0 Å². The topological polar surface area (TPSA) is 115 Å². The fourth-order valence-corrected chi connectivity index (χ4v) is 3.23. The van der Waals surface area contributed by atoms with Crippen LogP contribution in [-0.2, 0) is 7.05 Å². The van der Waals surface area contributed by atoms with E-state index >= 15 is 0 Å². The molecule has 1 aliphatic carbocycles. The minimum absolute atomic E-state index is 0.231. The molecule has 5 rings (SSSR count). The smallest absolute Gasteiger partial charge is 0.328 e. The number of fused-ring (bicyclic) bond motifs is 1. The van der Waals surface area contributed by atoms with Crippen LogP contribution in [-0.4, -0.2) is 48.4 Å². The fraction of sp³-hybridized carbons (Fsp3) is 0.250. The SMILES string of the molecule is CNc1nc(Nc2cccc(-c3cnn(C)c3)c2)nc2c1ncn2C(=O)NC1CC1. The summed E-state index contributed by atoms with van der Waals surface area (Å²) in [5.41, 5.74) is 3.85. The molecule has 1 aromatic carbocycles. The van der Waals surface area contributed by atoms with Crippen LogP contribution in [0.25, 0.3) is 22.3 Å². The zero-order valence-corrected chi connectivity index (χ0v) is 16.6. The molecule has 0 bridgehead atoms. The lowest BCUT2D eigenvalue weighted by atomic mass is 10.1. The average molecular weight is 403 g/mol. The maximum Gasteiger partial charge on any atom is 0.328 e. The summed E-state index contributed by atoms with van der Waals surface area (Å²) in [7, 11) is 3.65. The van der Waals surface area contributed by atoms with E-state index in [1.54, 1.807) is 11.7 Å². The van der Waals surface area contributed by atoms with Crippen LogP contribution in [0.15, 0.2) is 43.0 Å². The first-order valence-electron chi connectivity index (χ1n) is 9.70. The van der Waals surface area contributed by atoms with E-state index in [1.807, 2.05) is 43.7 Å². The highest BCUT2D eigenvalue weighted by Crippen LogP contribution is 2.26. The molecule has 4 aromatic rings. The number of nitrogens with one attached hydrogen (secondary N) is 3. The molecular formula is C20H21N9O. The van der Waals surface area contributed by atoms with Crippen LogP contribution < -0.4 is 16.0 Å². The fourth-order valence-electron chi connectivity index (χ4n) is 3.23. The maximum atomic E-state index is 12.5. The molecule has 1 fully saturated rings. The van der Waals surface area contributed by atoms with E-state index < -0.39 is 0 Å². The van der Waals surface area contributed by atoms with Gasteiger partial charge in [0.1, 0.15) is 6.33 Å². The molecule has 0 unspecified atom stereocenters. The Bertz CT molecular complexity index is 1240. The Hall–Kier alpha value is -3.95. The largest absolute Gasteiger partial charge is 0.371 e. The van der Waals surface area contributed by atoms with Gasteiger partial charge in [-0.05, 0) is 30.5 Å². The van der Waals surface area contributed by atoms with Crippen molar-refractivity contribution in [1.82, 2.24) is 34.6 Å². The molecule has 1 aliphatic rings. The van der Waals surface area contributed by atoms with Gasteiger partial charge >= 0.3 is 6.03 Å². The molecule has 10 heteroatoms. The number of amides is 1. The normalized spacial score (nSPS) is 13.4. The lowest BCUT2D eigenvalue weighted by molar-refractivity contribution is 0.242. The van der Waals surface area contributed by atoms with Gasteiger partial charge in [0.25, 0.3) is 0 Å². The van der Waals surface area contributed by atoms with Crippen molar-refractivity contribution in [3.8, 4) is 11.1 Å². The lowest BCUT2D eigenvalue weighted by Crippen LogP contribution is -2.30. The Kier molecular flexibility index (Phi) is 4.31. The number of anilines is 3. The summed E-state index contributed by atoms with van der Waals surface area (Å²) in [4.78, 5) is 25.9. The minimum Gasteiger partial charge on any atom is -0.371 e. The van der Waals surface area contributed by atoms with Crippen molar-refractivity contribution in [2.75, 3.05) is 17.7 Å². The average Bonchev–Trinajstić information content (AvgIpc) is 3.28. The van der Waals surface area contributed by atoms with Crippen LogP contribution in [0.5, 0.6) is 0 Å². The molecule has 0 saturated heterocycles. The van der Waals surface area contributed by atoms with Gasteiger partial charge in [-0.2, -0.15) is 15.1 Å². The summed E-state index contributed by atoms with van der Waals surface area (Å²) in [5.74, 6) is 0.917. The number of hydrogen-bond acceptors (Lipinski definition) is 7. The van der Waals surface area contributed by atoms with Crippen molar-refractivity contribution in [3.63, 3.8) is 0 Å². The number of rotatable bonds is 5. The molecule has 1 saturated carbocycles. The van der Waals surface area contributed by atoms with Gasteiger partial charge in [0.15, 0.2) is 17.0 Å². The molecule has 30 heavy (non-hydrogen) atoms. The van der Waals surface area contributed by atoms with Crippen molar-refractivity contribution in [2.45, 2.75) is 18.9 Å². The highest BCUT2D eigenvalue weighted by Gasteiger charge is 2.25. The van der Waals surface area contributed by atoms with E-state index in [0.29, 0.717) is 22.9 Å². The van der Waals surface area contributed by atoms with Gasteiger partial charge in [-0.15, -0.1) is 0 Å². The minimum atomic E-state index is -0.231. The third-order valence-corrected chi connectivity index (χ3v) is 4.91. The Morgan fingerprint density at radius 3 is 2.80 bits per heavy atom. The first kappa shape index (κ1) is 18.1. The Morgan fingerprint density at radius 2 is 2.07 bits per heavy atom. The highest BCUT2D eigenvalue weighted by molar-refractivity contribution is 5.92. The van der Waals surface area contributed by atoms with Gasteiger partial charge in [0.05, 0.1) is 6.20 Å². The number of carbonyl (C=O) groups excluding carboxylic acids is 1. The molecule has 0 atom stereocenters. The molecule has 3 aromatic heterocycles. The van der Waals surface area contributed by atoms with Crippen molar-refractivity contribution in [2.24, 2.45) is 7.05 Å². The molecule has 1 amide bonds. The number of aryl methyl sites for hydroxylation is 1. The molecule has 10 nitrogen and oxygen atoms in total. The number of nitrogens with zero attached hydrogens (tertiary/aromatic N) is 6. The second kappa shape index (κ2) is 7.14. The van der Waals surface area contributed by atoms with Gasteiger partial charge in [-0.1, -0.05) is 12.1 Å². The van der Waals surface area contributed by atoms with Crippen molar-refractivity contribution < 1.29 is 4.79 Å². The molecule has 3 heterocycles. The summed E-state index contributed by atoms with van der Waals surface area (Å²) < 4.78 is 3.19. The van der Waals surface area contributed by atoms with E-state index in [4.69, 9.17) is 0 Å². The highest BCUT2D eigenvalue weighted by atomic mass is 16.2. The monoisotopic (exact) mass is 403 g/mol. The van der Waals surface area contributed by atoms with E-state index in [1.165, 1.54) is 10.9 Å². The van der Waals surface area contributed by atoms with Gasteiger partial charge < -0.3 is 16.0 Å². The summed E-state index contributed by atoms with van der Waals surface area (Å²) >= 11 is 0. The van der Waals surface area contributed by atoms with Crippen molar-refractivity contribution in [3.05, 3.63) is 43.0 Å². The molecule has 0 spiro atoms. The van der Waals surface area contributed by atoms with Crippen LogP contribution in [0, 0.1) is 0 Å². The summed E-state index contributed by atoms with van der Waals surface area (Å²) in [6.45, 7) is 0. The van der Waals surface area contributed by atoms with E-state index in [0.717, 1.165) is 29.7 Å². The molecule has 0 radical (unpaired) electrons. The van der Waals surface area contributed by atoms with Crippen LogP contribution in [0.1, 0.15) is 12.8 Å². The second-order valence-electron chi connectivity index (χ2n) is 7.26. The summed E-state index contributed by atoms with van der Waals surface area (Å²) in [6, 6.07) is 7.92. The Balaban J connectivity index is 1.49. The second-order valence-corrected chi connectivity index (χ2v) is 7.26. The lowest BCUT2D eigenvalue weighted by Gasteiger charge is -2.10. The predicted molar refractivity (Wildman–Crippen MR) is 114 cm³/mol. The number of aromatic nitrogens is 6. The number of hydrogen-bond donors (Lipinski definition) is 3. The van der Waals surface area contributed by atoms with Gasteiger partial charge in [-0.25, -0.2) is 14.3 Å². The van der Waals surface area contributed by atoms with E-state index in [2.05, 4.69) is 36.0 Å². The zero-order chi connectivity index (χ0) is 20.7. The maximum absolute atomic E-state index is 12.5. The Morgan fingerprint density at radius 1 is 1.20 bits per heavy atom. The quantitative estimate of drug-likeness (QED) is 0.469. The van der Waals surface area contributed by atoms with Crippen LogP contribution in [0.2, 0.25) is 0 Å².